The van der Waals surface area contributed by atoms with Crippen LogP contribution in [0.4, 0.5) is 5.88 Å². The van der Waals surface area contributed by atoms with Crippen LogP contribution in [0.3, 0.4) is 0 Å². The predicted molar refractivity (Wildman–Crippen MR) is 93.1 cm³/mol. The lowest BCUT2D eigenvalue weighted by atomic mass is 10.1. The van der Waals surface area contributed by atoms with Crippen LogP contribution in [-0.2, 0) is 6.54 Å². The Labute approximate surface area is 146 Å². The molecule has 2 atom stereocenters. The lowest BCUT2D eigenvalue weighted by Gasteiger charge is -2.03. The molecule has 6 heteroatoms. The number of anilines is 1. The molecule has 6 nitrogen and oxygen atoms in total. The summed E-state index contributed by atoms with van der Waals surface area (Å²) >= 11 is 0. The van der Waals surface area contributed by atoms with Gasteiger partial charge in [0.25, 0.3) is 0 Å². The van der Waals surface area contributed by atoms with Crippen molar-refractivity contribution in [3.05, 3.63) is 66.2 Å². The van der Waals surface area contributed by atoms with E-state index in [9.17, 15) is 5.26 Å². The minimum absolute atomic E-state index is 0.274. The van der Waals surface area contributed by atoms with Crippen LogP contribution in [0.1, 0.15) is 41.8 Å². The van der Waals surface area contributed by atoms with E-state index in [0.29, 0.717) is 29.9 Å². The van der Waals surface area contributed by atoms with E-state index in [1.54, 1.807) is 12.5 Å². The van der Waals surface area contributed by atoms with Gasteiger partial charge in [0.05, 0.1) is 6.33 Å². The Morgan fingerprint density at radius 1 is 1.28 bits per heavy atom. The van der Waals surface area contributed by atoms with Crippen LogP contribution in [0.25, 0.3) is 0 Å². The van der Waals surface area contributed by atoms with E-state index in [4.69, 9.17) is 4.42 Å². The molecule has 1 aliphatic carbocycles. The molecule has 4 rings (SSSR count). The number of oxazole rings is 1. The topological polar surface area (TPSA) is 79.7 Å². The molecule has 2 aromatic heterocycles. The normalized spacial score (nSPS) is 18.7. The molecule has 1 N–H and O–H groups in total. The molecule has 3 aromatic rings. The first-order chi connectivity index (χ1) is 12.3. The van der Waals surface area contributed by atoms with Crippen molar-refractivity contribution >= 4 is 5.88 Å². The second kappa shape index (κ2) is 6.81. The number of imidazole rings is 1. The van der Waals surface area contributed by atoms with E-state index in [2.05, 4.69) is 33.5 Å². The highest BCUT2D eigenvalue weighted by molar-refractivity contribution is 5.46. The molecule has 0 spiro atoms. The molecule has 1 fully saturated rings. The number of hydrogen-bond acceptors (Lipinski definition) is 5. The van der Waals surface area contributed by atoms with Gasteiger partial charge in [0, 0.05) is 31.4 Å². The zero-order valence-electron chi connectivity index (χ0n) is 13.8. The molecule has 1 aromatic carbocycles. The summed E-state index contributed by atoms with van der Waals surface area (Å²) in [4.78, 5) is 8.41. The largest absolute Gasteiger partial charge is 0.424 e. The van der Waals surface area contributed by atoms with E-state index in [1.165, 1.54) is 5.56 Å². The van der Waals surface area contributed by atoms with E-state index < -0.39 is 0 Å². The molecule has 2 heterocycles. The first-order valence-electron chi connectivity index (χ1n) is 8.50. The molecule has 0 saturated heterocycles. The van der Waals surface area contributed by atoms with Crippen LogP contribution in [-0.4, -0.2) is 21.1 Å². The lowest BCUT2D eigenvalue weighted by molar-refractivity contribution is 0.503. The predicted octanol–water partition coefficient (Wildman–Crippen LogP) is 3.52. The number of nitriles is 1. The average molecular weight is 333 g/mol. The highest BCUT2D eigenvalue weighted by Gasteiger charge is 2.43. The zero-order chi connectivity index (χ0) is 17.1. The minimum Gasteiger partial charge on any atom is -0.424 e. The quantitative estimate of drug-likeness (QED) is 0.669. The summed E-state index contributed by atoms with van der Waals surface area (Å²) < 4.78 is 7.88. The highest BCUT2D eigenvalue weighted by Crippen LogP contribution is 2.54. The summed E-state index contributed by atoms with van der Waals surface area (Å²) in [5.74, 6) is 1.88. The molecule has 0 unspecified atom stereocenters. The fraction of sp³-hybridized carbons (Fsp3) is 0.316. The van der Waals surface area contributed by atoms with Gasteiger partial charge in [-0.1, -0.05) is 30.3 Å². The van der Waals surface area contributed by atoms with Crippen molar-refractivity contribution in [2.24, 2.45) is 0 Å². The Kier molecular flexibility index (Phi) is 4.21. The maximum absolute atomic E-state index is 9.30. The number of aromatic nitrogens is 3. The van der Waals surface area contributed by atoms with E-state index in [0.717, 1.165) is 19.4 Å². The number of nitrogens with zero attached hydrogens (tertiary/aromatic N) is 4. The second-order valence-electron chi connectivity index (χ2n) is 6.28. The smallest absolute Gasteiger partial charge is 0.232 e. The van der Waals surface area contributed by atoms with Crippen molar-refractivity contribution in [1.82, 2.24) is 14.5 Å². The molecule has 126 valence electrons. The van der Waals surface area contributed by atoms with Crippen molar-refractivity contribution in [1.29, 1.82) is 5.26 Å². The monoisotopic (exact) mass is 333 g/mol. The van der Waals surface area contributed by atoms with Gasteiger partial charge in [-0.15, -0.1) is 0 Å². The van der Waals surface area contributed by atoms with Crippen molar-refractivity contribution in [3.63, 3.8) is 0 Å². The van der Waals surface area contributed by atoms with Gasteiger partial charge in [0.1, 0.15) is 6.07 Å². The van der Waals surface area contributed by atoms with Gasteiger partial charge in [0.15, 0.2) is 0 Å². The van der Waals surface area contributed by atoms with Gasteiger partial charge in [-0.25, -0.2) is 9.97 Å². The Hall–Kier alpha value is -3.07. The van der Waals surface area contributed by atoms with Crippen molar-refractivity contribution in [3.8, 4) is 6.07 Å². The van der Waals surface area contributed by atoms with Gasteiger partial charge in [-0.3, -0.25) is 0 Å². The SMILES string of the molecule is N#Cc1nc([C@@H]2C[C@@H]2c2ccccc2)oc1NCCCn1ccnc1. The molecule has 25 heavy (non-hydrogen) atoms. The van der Waals surface area contributed by atoms with Crippen LogP contribution in [0, 0.1) is 11.3 Å². The first kappa shape index (κ1) is 15.5. The number of nitrogens with one attached hydrogen (secondary N) is 1. The molecular formula is C19H19N5O. The summed E-state index contributed by atoms with van der Waals surface area (Å²) in [7, 11) is 0. The number of rotatable bonds is 7. The summed E-state index contributed by atoms with van der Waals surface area (Å²) in [5, 5.41) is 12.5. The van der Waals surface area contributed by atoms with Crippen LogP contribution in [0.15, 0.2) is 53.5 Å². The number of benzene rings is 1. The van der Waals surface area contributed by atoms with E-state index in [1.807, 2.05) is 29.0 Å². The molecule has 0 amide bonds. The van der Waals surface area contributed by atoms with Gasteiger partial charge in [0.2, 0.25) is 17.5 Å². The molecule has 1 aliphatic rings. The second-order valence-corrected chi connectivity index (χ2v) is 6.28. The van der Waals surface area contributed by atoms with Crippen molar-refractivity contribution in [2.45, 2.75) is 31.2 Å². The number of aryl methyl sites for hydroxylation is 1. The fourth-order valence-corrected chi connectivity index (χ4v) is 3.11. The van der Waals surface area contributed by atoms with Gasteiger partial charge >= 0.3 is 0 Å². The van der Waals surface area contributed by atoms with Gasteiger partial charge < -0.3 is 14.3 Å². The van der Waals surface area contributed by atoms with Crippen LogP contribution in [0.5, 0.6) is 0 Å². The minimum atomic E-state index is 0.274. The summed E-state index contributed by atoms with van der Waals surface area (Å²) in [5.41, 5.74) is 1.65. The molecule has 0 bridgehead atoms. The first-order valence-corrected chi connectivity index (χ1v) is 8.50. The summed E-state index contributed by atoms with van der Waals surface area (Å²) in [6.07, 6.45) is 7.43. The Morgan fingerprint density at radius 2 is 2.16 bits per heavy atom. The van der Waals surface area contributed by atoms with Crippen LogP contribution >= 0.6 is 0 Å². The van der Waals surface area contributed by atoms with E-state index in [-0.39, 0.29) is 5.92 Å². The van der Waals surface area contributed by atoms with Crippen molar-refractivity contribution in [2.75, 3.05) is 11.9 Å². The molecule has 0 radical (unpaired) electrons. The lowest BCUT2D eigenvalue weighted by Crippen LogP contribution is -2.06. The maximum Gasteiger partial charge on any atom is 0.232 e. The average Bonchev–Trinajstić information content (AvgIpc) is 3.08. The maximum atomic E-state index is 9.30. The third-order valence-corrected chi connectivity index (χ3v) is 4.52. The van der Waals surface area contributed by atoms with E-state index >= 15 is 0 Å². The third-order valence-electron chi connectivity index (χ3n) is 4.52. The summed E-state index contributed by atoms with van der Waals surface area (Å²) in [6, 6.07) is 12.5. The Balaban J connectivity index is 1.36. The van der Waals surface area contributed by atoms with Gasteiger partial charge in [-0.05, 0) is 24.3 Å². The summed E-state index contributed by atoms with van der Waals surface area (Å²) in [6.45, 7) is 1.59. The molecule has 0 aliphatic heterocycles. The third kappa shape index (κ3) is 3.41. The fourth-order valence-electron chi connectivity index (χ4n) is 3.11. The zero-order valence-corrected chi connectivity index (χ0v) is 13.8. The molecule has 1 saturated carbocycles. The Bertz CT molecular complexity index is 863. The van der Waals surface area contributed by atoms with Crippen LogP contribution < -0.4 is 5.32 Å². The Morgan fingerprint density at radius 3 is 2.92 bits per heavy atom. The number of hydrogen-bond donors (Lipinski definition) is 1. The van der Waals surface area contributed by atoms with Crippen LogP contribution in [0.2, 0.25) is 0 Å². The highest BCUT2D eigenvalue weighted by atomic mass is 16.4. The standard InChI is InChI=1S/C19H19N5O/c20-12-17-19(22-7-4-9-24-10-8-21-13-24)25-18(23-17)16-11-15(16)14-5-2-1-3-6-14/h1-3,5-6,8,10,13,15-16,22H,4,7,9,11H2/t15-,16-/m1/s1. The molecular weight excluding hydrogens is 314 g/mol. The van der Waals surface area contributed by atoms with Crippen molar-refractivity contribution < 1.29 is 4.42 Å². The van der Waals surface area contributed by atoms with Gasteiger partial charge in [-0.2, -0.15) is 5.26 Å².